The fourth-order valence-electron chi connectivity index (χ4n) is 2.62. The van der Waals surface area contributed by atoms with Crippen molar-refractivity contribution in [2.24, 2.45) is 0 Å². The number of rotatable bonds is 5. The Hall–Kier alpha value is -0.0800. The van der Waals surface area contributed by atoms with Gasteiger partial charge in [-0.05, 0) is 59.9 Å². The van der Waals surface area contributed by atoms with Crippen molar-refractivity contribution in [3.63, 3.8) is 0 Å². The lowest BCUT2D eigenvalue weighted by molar-refractivity contribution is 0.0515. The first-order valence-electron chi connectivity index (χ1n) is 6.33. The molecule has 0 spiro atoms. The van der Waals surface area contributed by atoms with Gasteiger partial charge in [0.2, 0.25) is 0 Å². The second-order valence-electron chi connectivity index (χ2n) is 5.06. The zero-order valence-corrected chi connectivity index (χ0v) is 10.8. The Morgan fingerprint density at radius 2 is 1.87 bits per heavy atom. The molecule has 89 valence electrons. The highest BCUT2D eigenvalue weighted by atomic mass is 15.2. The maximum Gasteiger partial charge on any atom is 0.0227 e. The van der Waals surface area contributed by atoms with Crippen molar-refractivity contribution in [2.45, 2.75) is 44.6 Å². The molecule has 0 unspecified atom stereocenters. The van der Waals surface area contributed by atoms with E-state index in [1.807, 2.05) is 0 Å². The van der Waals surface area contributed by atoms with Crippen molar-refractivity contribution in [3.05, 3.63) is 6.92 Å². The van der Waals surface area contributed by atoms with E-state index in [2.05, 4.69) is 37.7 Å². The largest absolute Gasteiger partial charge is 0.304 e. The number of hydrogen-bond acceptors (Lipinski definition) is 2. The SMILES string of the molecule is [CH2]CN1CCC(CCCC)(N(C)C)CC1. The van der Waals surface area contributed by atoms with Crippen molar-refractivity contribution in [1.82, 2.24) is 9.80 Å². The topological polar surface area (TPSA) is 6.48 Å². The summed E-state index contributed by atoms with van der Waals surface area (Å²) in [5.41, 5.74) is 0.474. The molecule has 15 heavy (non-hydrogen) atoms. The molecule has 1 fully saturated rings. The molecule has 1 aliphatic heterocycles. The van der Waals surface area contributed by atoms with E-state index >= 15 is 0 Å². The lowest BCUT2D eigenvalue weighted by atomic mass is 9.82. The van der Waals surface area contributed by atoms with Crippen LogP contribution >= 0.6 is 0 Å². The zero-order valence-electron chi connectivity index (χ0n) is 10.8. The van der Waals surface area contributed by atoms with Gasteiger partial charge in [-0.3, -0.25) is 0 Å². The summed E-state index contributed by atoms with van der Waals surface area (Å²) in [5, 5.41) is 0. The molecule has 0 aromatic heterocycles. The van der Waals surface area contributed by atoms with E-state index < -0.39 is 0 Å². The lowest BCUT2D eigenvalue weighted by Crippen LogP contribution is -2.52. The van der Waals surface area contributed by atoms with Crippen molar-refractivity contribution in [3.8, 4) is 0 Å². The van der Waals surface area contributed by atoms with Crippen LogP contribution in [0.4, 0.5) is 0 Å². The maximum absolute atomic E-state index is 3.98. The highest BCUT2D eigenvalue weighted by Gasteiger charge is 2.35. The minimum Gasteiger partial charge on any atom is -0.304 e. The van der Waals surface area contributed by atoms with Crippen LogP contribution in [0.1, 0.15) is 39.0 Å². The Morgan fingerprint density at radius 3 is 2.27 bits per heavy atom. The summed E-state index contributed by atoms with van der Waals surface area (Å²) in [6, 6.07) is 0. The van der Waals surface area contributed by atoms with E-state index in [1.54, 1.807) is 0 Å². The summed E-state index contributed by atoms with van der Waals surface area (Å²) < 4.78 is 0. The summed E-state index contributed by atoms with van der Waals surface area (Å²) in [7, 11) is 4.49. The van der Waals surface area contributed by atoms with Gasteiger partial charge in [0.05, 0.1) is 0 Å². The van der Waals surface area contributed by atoms with Gasteiger partial charge in [-0.1, -0.05) is 19.8 Å². The highest BCUT2D eigenvalue weighted by Crippen LogP contribution is 2.31. The molecule has 0 saturated carbocycles. The Kier molecular flexibility index (Phi) is 5.07. The van der Waals surface area contributed by atoms with Crippen molar-refractivity contribution >= 4 is 0 Å². The number of hydrogen-bond donors (Lipinski definition) is 0. The minimum atomic E-state index is 0.474. The van der Waals surface area contributed by atoms with E-state index in [1.165, 1.54) is 45.2 Å². The summed E-state index contributed by atoms with van der Waals surface area (Å²) in [6.07, 6.45) is 6.67. The van der Waals surface area contributed by atoms with Crippen molar-refractivity contribution < 1.29 is 0 Å². The second kappa shape index (κ2) is 5.86. The van der Waals surface area contributed by atoms with E-state index in [0.29, 0.717) is 5.54 Å². The highest BCUT2D eigenvalue weighted by molar-refractivity contribution is 4.93. The Bertz CT molecular complexity index is 169. The molecule has 1 radical (unpaired) electrons. The summed E-state index contributed by atoms with van der Waals surface area (Å²) in [6.45, 7) is 9.69. The van der Waals surface area contributed by atoms with Gasteiger partial charge in [0.1, 0.15) is 0 Å². The van der Waals surface area contributed by atoms with Gasteiger partial charge in [-0.25, -0.2) is 0 Å². The molecule has 1 rings (SSSR count). The summed E-state index contributed by atoms with van der Waals surface area (Å²) in [5.74, 6) is 0. The zero-order chi connectivity index (χ0) is 11.3. The molecule has 1 aliphatic rings. The van der Waals surface area contributed by atoms with Gasteiger partial charge in [0.15, 0.2) is 0 Å². The molecule has 1 heterocycles. The molecule has 0 atom stereocenters. The fraction of sp³-hybridized carbons (Fsp3) is 0.923. The summed E-state index contributed by atoms with van der Waals surface area (Å²) in [4.78, 5) is 4.93. The molecule has 1 saturated heterocycles. The Labute approximate surface area is 95.6 Å². The first-order valence-corrected chi connectivity index (χ1v) is 6.33. The van der Waals surface area contributed by atoms with Crippen LogP contribution in [-0.4, -0.2) is 49.1 Å². The molecule has 2 nitrogen and oxygen atoms in total. The van der Waals surface area contributed by atoms with E-state index in [0.717, 1.165) is 6.54 Å². The van der Waals surface area contributed by atoms with Crippen LogP contribution in [0.2, 0.25) is 0 Å². The average Bonchev–Trinajstić information content (AvgIpc) is 2.27. The third-order valence-corrected chi connectivity index (χ3v) is 4.05. The van der Waals surface area contributed by atoms with E-state index in [-0.39, 0.29) is 0 Å². The van der Waals surface area contributed by atoms with Gasteiger partial charge >= 0.3 is 0 Å². The smallest absolute Gasteiger partial charge is 0.0227 e. The molecular formula is C13H27N2. The van der Waals surface area contributed by atoms with Crippen LogP contribution in [0.3, 0.4) is 0 Å². The third kappa shape index (κ3) is 3.18. The molecule has 0 bridgehead atoms. The molecule has 2 heteroatoms. The average molecular weight is 211 g/mol. The second-order valence-corrected chi connectivity index (χ2v) is 5.06. The molecule has 0 aromatic rings. The predicted octanol–water partition coefficient (Wildman–Crippen LogP) is 2.41. The molecule has 0 amide bonds. The molecule has 0 N–H and O–H groups in total. The van der Waals surface area contributed by atoms with Crippen LogP contribution in [0, 0.1) is 6.92 Å². The normalized spacial score (nSPS) is 22.2. The first-order chi connectivity index (χ1) is 7.14. The van der Waals surface area contributed by atoms with Crippen LogP contribution in [0.15, 0.2) is 0 Å². The molecule has 0 aliphatic carbocycles. The molecule has 0 aromatic carbocycles. The minimum absolute atomic E-state index is 0.474. The van der Waals surface area contributed by atoms with Crippen LogP contribution in [-0.2, 0) is 0 Å². The van der Waals surface area contributed by atoms with Gasteiger partial charge in [-0.15, -0.1) is 0 Å². The van der Waals surface area contributed by atoms with Crippen LogP contribution in [0.5, 0.6) is 0 Å². The molecular weight excluding hydrogens is 184 g/mol. The van der Waals surface area contributed by atoms with Gasteiger partial charge in [0.25, 0.3) is 0 Å². The summed E-state index contributed by atoms with van der Waals surface area (Å²) >= 11 is 0. The van der Waals surface area contributed by atoms with Gasteiger partial charge in [-0.2, -0.15) is 0 Å². The van der Waals surface area contributed by atoms with E-state index in [9.17, 15) is 0 Å². The van der Waals surface area contributed by atoms with Gasteiger partial charge < -0.3 is 9.80 Å². The van der Waals surface area contributed by atoms with Crippen LogP contribution in [0.25, 0.3) is 0 Å². The number of likely N-dealkylation sites (tertiary alicyclic amines) is 1. The standard InChI is InChI=1S/C13H27N2/c1-5-7-8-13(14(3)4)9-11-15(6-2)12-10-13/h2,5-12H2,1,3-4H3. The Morgan fingerprint density at radius 1 is 1.27 bits per heavy atom. The fourth-order valence-corrected chi connectivity index (χ4v) is 2.62. The number of piperidine rings is 1. The number of unbranched alkanes of at least 4 members (excludes halogenated alkanes) is 1. The number of nitrogens with zero attached hydrogens (tertiary/aromatic N) is 2. The monoisotopic (exact) mass is 211 g/mol. The predicted molar refractivity (Wildman–Crippen MR) is 67.0 cm³/mol. The van der Waals surface area contributed by atoms with Crippen molar-refractivity contribution in [2.75, 3.05) is 33.7 Å². The third-order valence-electron chi connectivity index (χ3n) is 4.05. The van der Waals surface area contributed by atoms with E-state index in [4.69, 9.17) is 0 Å². The quantitative estimate of drug-likeness (QED) is 0.689. The van der Waals surface area contributed by atoms with Gasteiger partial charge in [0, 0.05) is 5.54 Å². The maximum atomic E-state index is 3.98. The Balaban J connectivity index is 2.52. The van der Waals surface area contributed by atoms with Crippen LogP contribution < -0.4 is 0 Å². The first kappa shape index (κ1) is 13.0. The lowest BCUT2D eigenvalue weighted by Gasteiger charge is -2.46. The van der Waals surface area contributed by atoms with Crippen molar-refractivity contribution in [1.29, 1.82) is 0 Å².